The van der Waals surface area contributed by atoms with Gasteiger partial charge in [-0.1, -0.05) is 48.9 Å². The molecule has 0 heterocycles. The van der Waals surface area contributed by atoms with E-state index in [0.717, 1.165) is 10.6 Å². The average Bonchev–Trinajstić information content (AvgIpc) is 2.73. The van der Waals surface area contributed by atoms with Gasteiger partial charge in [0, 0.05) is 22.6 Å². The molecule has 0 saturated heterocycles. The molecule has 0 aromatic heterocycles. The highest BCUT2D eigenvalue weighted by molar-refractivity contribution is 9.10. The van der Waals surface area contributed by atoms with Gasteiger partial charge in [0.05, 0.1) is 11.9 Å². The summed E-state index contributed by atoms with van der Waals surface area (Å²) in [5.74, 6) is -0.814. The van der Waals surface area contributed by atoms with Crippen molar-refractivity contribution in [2.75, 3.05) is 23.7 Å². The molecule has 1 atom stereocenters. The van der Waals surface area contributed by atoms with Crippen LogP contribution in [-0.2, 0) is 26.2 Å². The van der Waals surface area contributed by atoms with E-state index < -0.39 is 28.5 Å². The minimum absolute atomic E-state index is 0.0711. The molecule has 32 heavy (non-hydrogen) atoms. The van der Waals surface area contributed by atoms with Crippen molar-refractivity contribution in [2.24, 2.45) is 0 Å². The zero-order valence-electron chi connectivity index (χ0n) is 18.2. The van der Waals surface area contributed by atoms with Gasteiger partial charge in [-0.2, -0.15) is 0 Å². The number of hydrogen-bond donors (Lipinski definition) is 1. The fourth-order valence-corrected chi connectivity index (χ4v) is 4.94. The summed E-state index contributed by atoms with van der Waals surface area (Å²) in [4.78, 5) is 27.6. The van der Waals surface area contributed by atoms with Crippen molar-refractivity contribution in [1.82, 2.24) is 10.2 Å². The summed E-state index contributed by atoms with van der Waals surface area (Å²) in [5, 5.41) is 3.21. The number of anilines is 1. The van der Waals surface area contributed by atoms with Gasteiger partial charge in [0.1, 0.15) is 12.6 Å². The molecule has 0 unspecified atom stereocenters. The van der Waals surface area contributed by atoms with Crippen LogP contribution in [0.25, 0.3) is 0 Å². The highest BCUT2D eigenvalue weighted by Gasteiger charge is 2.32. The monoisotopic (exact) mass is 543 g/mol. The number of amides is 2. The van der Waals surface area contributed by atoms with E-state index in [1.165, 1.54) is 4.90 Å². The van der Waals surface area contributed by atoms with Crippen LogP contribution in [-0.4, -0.2) is 50.5 Å². The lowest BCUT2D eigenvalue weighted by Gasteiger charge is -2.33. The number of nitrogens with one attached hydrogen (secondary N) is 1. The molecule has 0 saturated carbocycles. The summed E-state index contributed by atoms with van der Waals surface area (Å²) in [6.45, 7) is 3.62. The van der Waals surface area contributed by atoms with Crippen LogP contribution in [0.5, 0.6) is 0 Å². The Morgan fingerprint density at radius 2 is 1.72 bits per heavy atom. The topological polar surface area (TPSA) is 86.8 Å². The van der Waals surface area contributed by atoms with Gasteiger partial charge in [-0.3, -0.25) is 13.9 Å². The minimum atomic E-state index is -3.78. The number of sulfonamides is 1. The molecule has 174 valence electrons. The molecule has 2 aromatic rings. The summed E-state index contributed by atoms with van der Waals surface area (Å²) >= 11 is 9.66. The molecule has 2 aromatic carbocycles. The predicted octanol–water partition coefficient (Wildman–Crippen LogP) is 3.81. The highest BCUT2D eigenvalue weighted by Crippen LogP contribution is 2.28. The number of carbonyl (C=O) groups is 2. The Balaban J connectivity index is 2.46. The molecule has 0 spiro atoms. The van der Waals surface area contributed by atoms with Crippen LogP contribution in [0, 0.1) is 0 Å². The van der Waals surface area contributed by atoms with Crippen LogP contribution in [0.4, 0.5) is 5.69 Å². The number of rotatable bonds is 10. The van der Waals surface area contributed by atoms with E-state index in [0.29, 0.717) is 33.7 Å². The Hall–Kier alpha value is -2.10. The van der Waals surface area contributed by atoms with E-state index in [4.69, 9.17) is 11.6 Å². The molecule has 0 radical (unpaired) electrons. The van der Waals surface area contributed by atoms with E-state index >= 15 is 0 Å². The second-order valence-electron chi connectivity index (χ2n) is 7.15. The molecule has 0 bridgehead atoms. The van der Waals surface area contributed by atoms with Crippen LogP contribution in [0.1, 0.15) is 25.8 Å². The fraction of sp³-hybridized carbons (Fsp3) is 0.364. The molecule has 0 aliphatic rings. The van der Waals surface area contributed by atoms with Crippen LogP contribution < -0.4 is 9.62 Å². The molecule has 7 nitrogen and oxygen atoms in total. The lowest BCUT2D eigenvalue weighted by Crippen LogP contribution is -2.52. The lowest BCUT2D eigenvalue weighted by atomic mass is 10.1. The van der Waals surface area contributed by atoms with Gasteiger partial charge in [-0.25, -0.2) is 8.42 Å². The standard InChI is InChI=1S/C22H27BrClN3O4S/c1-4-19(22(29)25-5-2)26(14-16-10-6-8-12-18(16)24)21(28)15-27(32(3,30)31)20-13-9-7-11-17(20)23/h6-13,19H,4-5,14-15H2,1-3H3,(H,25,29)/t19-/m0/s1. The first kappa shape index (κ1) is 26.2. The molecular formula is C22H27BrClN3O4S. The maximum absolute atomic E-state index is 13.5. The first-order valence-corrected chi connectivity index (χ1v) is 13.1. The Bertz CT molecular complexity index is 1060. The van der Waals surface area contributed by atoms with Gasteiger partial charge in [0.2, 0.25) is 21.8 Å². The third-order valence-corrected chi connectivity index (χ3v) is 7.00. The van der Waals surface area contributed by atoms with Gasteiger partial charge in [0.25, 0.3) is 0 Å². The van der Waals surface area contributed by atoms with Crippen molar-refractivity contribution in [3.05, 3.63) is 63.6 Å². The number of hydrogen-bond acceptors (Lipinski definition) is 4. The second-order valence-corrected chi connectivity index (χ2v) is 10.3. The summed E-state index contributed by atoms with van der Waals surface area (Å²) in [6, 6.07) is 13.0. The van der Waals surface area contributed by atoms with Crippen molar-refractivity contribution in [1.29, 1.82) is 0 Å². The van der Waals surface area contributed by atoms with Gasteiger partial charge in [0.15, 0.2) is 0 Å². The van der Waals surface area contributed by atoms with E-state index in [9.17, 15) is 18.0 Å². The Labute approximate surface area is 202 Å². The zero-order valence-corrected chi connectivity index (χ0v) is 21.4. The molecule has 0 aliphatic heterocycles. The Kier molecular flexibility index (Phi) is 9.54. The first-order valence-electron chi connectivity index (χ1n) is 10.1. The quantitative estimate of drug-likeness (QED) is 0.493. The van der Waals surface area contributed by atoms with Crippen molar-refractivity contribution in [2.45, 2.75) is 32.9 Å². The number of halogens is 2. The number of carbonyl (C=O) groups excluding carboxylic acids is 2. The van der Waals surface area contributed by atoms with Gasteiger partial charge < -0.3 is 10.2 Å². The summed E-state index contributed by atoms with van der Waals surface area (Å²) in [7, 11) is -3.78. The van der Waals surface area contributed by atoms with Crippen molar-refractivity contribution < 1.29 is 18.0 Å². The summed E-state index contributed by atoms with van der Waals surface area (Å²) in [5.41, 5.74) is 1.00. The smallest absolute Gasteiger partial charge is 0.244 e. The van der Waals surface area contributed by atoms with Crippen molar-refractivity contribution in [3.63, 3.8) is 0 Å². The summed E-state index contributed by atoms with van der Waals surface area (Å²) in [6.07, 6.45) is 1.40. The van der Waals surface area contributed by atoms with Crippen molar-refractivity contribution in [3.8, 4) is 0 Å². The summed E-state index contributed by atoms with van der Waals surface area (Å²) < 4.78 is 26.7. The van der Waals surface area contributed by atoms with Crippen LogP contribution in [0.3, 0.4) is 0 Å². The first-order chi connectivity index (χ1) is 15.1. The SMILES string of the molecule is CCNC(=O)[C@H](CC)N(Cc1ccccc1Cl)C(=O)CN(c1ccccc1Br)S(C)(=O)=O. The van der Waals surface area contributed by atoms with E-state index in [1.807, 2.05) is 0 Å². The third-order valence-electron chi connectivity index (χ3n) is 4.84. The van der Waals surface area contributed by atoms with Crippen molar-refractivity contribution >= 4 is 55.1 Å². The predicted molar refractivity (Wildman–Crippen MR) is 131 cm³/mol. The molecule has 1 N–H and O–H groups in total. The molecule has 0 fully saturated rings. The van der Waals surface area contributed by atoms with Gasteiger partial charge >= 0.3 is 0 Å². The molecule has 0 aliphatic carbocycles. The molecule has 10 heteroatoms. The maximum Gasteiger partial charge on any atom is 0.244 e. The number of benzene rings is 2. The molecule has 2 amide bonds. The molecule has 2 rings (SSSR count). The minimum Gasteiger partial charge on any atom is -0.355 e. The van der Waals surface area contributed by atoms with Gasteiger partial charge in [-0.15, -0.1) is 0 Å². The zero-order chi connectivity index (χ0) is 23.9. The highest BCUT2D eigenvalue weighted by atomic mass is 79.9. The molecular weight excluding hydrogens is 518 g/mol. The fourth-order valence-electron chi connectivity index (χ4n) is 3.27. The van der Waals surface area contributed by atoms with E-state index in [-0.39, 0.29) is 12.5 Å². The van der Waals surface area contributed by atoms with E-state index in [2.05, 4.69) is 21.2 Å². The van der Waals surface area contributed by atoms with Crippen LogP contribution in [0.15, 0.2) is 53.0 Å². The number of nitrogens with zero attached hydrogens (tertiary/aromatic N) is 2. The van der Waals surface area contributed by atoms with E-state index in [1.54, 1.807) is 62.4 Å². The van der Waals surface area contributed by atoms with Crippen LogP contribution in [0.2, 0.25) is 5.02 Å². The van der Waals surface area contributed by atoms with Gasteiger partial charge in [-0.05, 0) is 53.0 Å². The lowest BCUT2D eigenvalue weighted by molar-refractivity contribution is -0.140. The number of para-hydroxylation sites is 1. The number of likely N-dealkylation sites (N-methyl/N-ethyl adjacent to an activating group) is 1. The Morgan fingerprint density at radius 3 is 2.28 bits per heavy atom. The normalized spacial score (nSPS) is 12.2. The second kappa shape index (κ2) is 11.7. The average molecular weight is 545 g/mol. The maximum atomic E-state index is 13.5. The largest absolute Gasteiger partial charge is 0.355 e. The third kappa shape index (κ3) is 6.70. The van der Waals surface area contributed by atoms with Crippen LogP contribution >= 0.6 is 27.5 Å². The Morgan fingerprint density at radius 1 is 1.09 bits per heavy atom.